The molecule has 0 atom stereocenters. The maximum Gasteiger partial charge on any atom is 0.163 e. The van der Waals surface area contributed by atoms with E-state index in [-0.39, 0.29) is 0 Å². The third-order valence-corrected chi connectivity index (χ3v) is 4.89. The Morgan fingerprint density at radius 3 is 3.12 bits per heavy atom. The van der Waals surface area contributed by atoms with Crippen molar-refractivity contribution in [1.82, 2.24) is 24.6 Å². The summed E-state index contributed by atoms with van der Waals surface area (Å²) in [5, 5.41) is 9.50. The molecule has 24 heavy (non-hydrogen) atoms. The molecule has 0 aliphatic carbocycles. The lowest BCUT2D eigenvalue weighted by atomic mass is 10.00. The molecular formula is C17H19ClN6. The van der Waals surface area contributed by atoms with Gasteiger partial charge in [-0.2, -0.15) is 5.10 Å². The van der Waals surface area contributed by atoms with Crippen molar-refractivity contribution in [3.63, 3.8) is 0 Å². The average Bonchev–Trinajstić information content (AvgIpc) is 2.97. The van der Waals surface area contributed by atoms with Gasteiger partial charge in [0.15, 0.2) is 5.65 Å². The molecule has 4 rings (SSSR count). The van der Waals surface area contributed by atoms with E-state index in [9.17, 15) is 0 Å². The van der Waals surface area contributed by atoms with Crippen molar-refractivity contribution >= 4 is 28.5 Å². The van der Waals surface area contributed by atoms with Crippen LogP contribution in [0.15, 0.2) is 30.7 Å². The van der Waals surface area contributed by atoms with Gasteiger partial charge < -0.3 is 5.32 Å². The van der Waals surface area contributed by atoms with E-state index in [1.807, 2.05) is 19.2 Å². The molecule has 0 amide bonds. The van der Waals surface area contributed by atoms with Crippen molar-refractivity contribution in [1.29, 1.82) is 0 Å². The molecule has 1 aliphatic heterocycles. The minimum Gasteiger partial charge on any atom is -0.368 e. The average molecular weight is 343 g/mol. The summed E-state index contributed by atoms with van der Waals surface area (Å²) >= 11 is 6.28. The van der Waals surface area contributed by atoms with Gasteiger partial charge in [-0.3, -0.25) is 9.58 Å². The van der Waals surface area contributed by atoms with E-state index in [0.717, 1.165) is 54.5 Å². The van der Waals surface area contributed by atoms with Gasteiger partial charge in [0.1, 0.15) is 12.1 Å². The molecule has 0 fully saturated rings. The molecule has 0 bridgehead atoms. The van der Waals surface area contributed by atoms with E-state index in [1.54, 1.807) is 17.2 Å². The van der Waals surface area contributed by atoms with Gasteiger partial charge in [-0.25, -0.2) is 9.97 Å². The Morgan fingerprint density at radius 1 is 1.29 bits per heavy atom. The Morgan fingerprint density at radius 2 is 2.21 bits per heavy atom. The fourth-order valence-corrected chi connectivity index (χ4v) is 3.54. The number of aryl methyl sites for hydroxylation is 1. The van der Waals surface area contributed by atoms with Crippen LogP contribution in [0, 0.1) is 0 Å². The Balaban J connectivity index is 1.39. The second kappa shape index (κ2) is 6.37. The highest BCUT2D eigenvalue weighted by molar-refractivity contribution is 6.31. The molecule has 1 aromatic carbocycles. The van der Waals surface area contributed by atoms with E-state index < -0.39 is 0 Å². The number of fused-ring (bicyclic) bond motifs is 2. The Kier molecular flexibility index (Phi) is 4.08. The van der Waals surface area contributed by atoms with E-state index in [1.165, 1.54) is 11.1 Å². The lowest BCUT2D eigenvalue weighted by Gasteiger charge is -2.29. The van der Waals surface area contributed by atoms with Gasteiger partial charge >= 0.3 is 0 Å². The van der Waals surface area contributed by atoms with Crippen molar-refractivity contribution < 1.29 is 0 Å². The summed E-state index contributed by atoms with van der Waals surface area (Å²) in [5.41, 5.74) is 3.48. The number of halogens is 1. The van der Waals surface area contributed by atoms with Crippen molar-refractivity contribution in [3.8, 4) is 0 Å². The first kappa shape index (κ1) is 15.4. The molecule has 0 saturated carbocycles. The van der Waals surface area contributed by atoms with Crippen molar-refractivity contribution in [3.05, 3.63) is 46.9 Å². The molecule has 0 radical (unpaired) electrons. The second-order valence-corrected chi connectivity index (χ2v) is 6.47. The SMILES string of the molecule is Cn1ncc2c(NCCN3CCc4c(Cl)cccc4C3)ncnc21. The topological polar surface area (TPSA) is 58.9 Å². The standard InChI is InChI=1S/C17H19ClN6/c1-23-17-14(9-22-23)16(20-11-21-17)19-6-8-24-7-5-13-12(10-24)3-2-4-15(13)18/h2-4,9,11H,5-8,10H2,1H3,(H,19,20,21). The number of benzene rings is 1. The Bertz CT molecular complexity index is 875. The van der Waals surface area contributed by atoms with Crippen LogP contribution in [0.2, 0.25) is 5.02 Å². The van der Waals surface area contributed by atoms with Crippen LogP contribution in [-0.4, -0.2) is 44.3 Å². The molecule has 7 heteroatoms. The van der Waals surface area contributed by atoms with Crippen LogP contribution in [0.5, 0.6) is 0 Å². The summed E-state index contributed by atoms with van der Waals surface area (Å²) in [6.07, 6.45) is 4.39. The zero-order valence-corrected chi connectivity index (χ0v) is 14.3. The number of hydrogen-bond acceptors (Lipinski definition) is 5. The number of rotatable bonds is 4. The van der Waals surface area contributed by atoms with Gasteiger partial charge in [0.05, 0.1) is 11.6 Å². The summed E-state index contributed by atoms with van der Waals surface area (Å²) in [4.78, 5) is 11.0. The highest BCUT2D eigenvalue weighted by Gasteiger charge is 2.17. The first-order valence-corrected chi connectivity index (χ1v) is 8.45. The van der Waals surface area contributed by atoms with Gasteiger partial charge in [0.25, 0.3) is 0 Å². The zero-order chi connectivity index (χ0) is 16.5. The van der Waals surface area contributed by atoms with Crippen LogP contribution >= 0.6 is 11.6 Å². The lowest BCUT2D eigenvalue weighted by Crippen LogP contribution is -2.34. The molecule has 0 spiro atoms. The first-order chi connectivity index (χ1) is 11.7. The van der Waals surface area contributed by atoms with Crippen LogP contribution < -0.4 is 5.32 Å². The van der Waals surface area contributed by atoms with Gasteiger partial charge in [0.2, 0.25) is 0 Å². The highest BCUT2D eigenvalue weighted by atomic mass is 35.5. The smallest absolute Gasteiger partial charge is 0.163 e. The molecule has 1 aliphatic rings. The molecule has 3 heterocycles. The van der Waals surface area contributed by atoms with Crippen LogP contribution in [-0.2, 0) is 20.0 Å². The first-order valence-electron chi connectivity index (χ1n) is 8.07. The molecule has 0 saturated heterocycles. The predicted molar refractivity (Wildman–Crippen MR) is 95.2 cm³/mol. The van der Waals surface area contributed by atoms with E-state index in [0.29, 0.717) is 0 Å². The van der Waals surface area contributed by atoms with E-state index >= 15 is 0 Å². The van der Waals surface area contributed by atoms with Crippen LogP contribution in [0.1, 0.15) is 11.1 Å². The predicted octanol–water partition coefficient (Wildman–Crippen LogP) is 2.49. The largest absolute Gasteiger partial charge is 0.368 e. The van der Waals surface area contributed by atoms with E-state index in [2.05, 4.69) is 31.3 Å². The van der Waals surface area contributed by atoms with Gasteiger partial charge in [-0.1, -0.05) is 23.7 Å². The van der Waals surface area contributed by atoms with Gasteiger partial charge in [0, 0.05) is 38.2 Å². The molecule has 1 N–H and O–H groups in total. The molecule has 2 aromatic heterocycles. The molecule has 3 aromatic rings. The third-order valence-electron chi connectivity index (χ3n) is 4.54. The van der Waals surface area contributed by atoms with Crippen LogP contribution in [0.3, 0.4) is 0 Å². The minimum absolute atomic E-state index is 0.830. The van der Waals surface area contributed by atoms with Crippen LogP contribution in [0.25, 0.3) is 11.0 Å². The summed E-state index contributed by atoms with van der Waals surface area (Å²) in [6.45, 7) is 3.77. The zero-order valence-electron chi connectivity index (χ0n) is 13.5. The normalized spacial score (nSPS) is 14.8. The number of aromatic nitrogens is 4. The summed E-state index contributed by atoms with van der Waals surface area (Å²) in [5.74, 6) is 0.841. The van der Waals surface area contributed by atoms with Gasteiger partial charge in [-0.15, -0.1) is 0 Å². The van der Waals surface area contributed by atoms with Crippen LogP contribution in [0.4, 0.5) is 5.82 Å². The fraction of sp³-hybridized carbons (Fsp3) is 0.353. The molecular weight excluding hydrogens is 324 g/mol. The number of hydrogen-bond donors (Lipinski definition) is 1. The quantitative estimate of drug-likeness (QED) is 0.789. The minimum atomic E-state index is 0.830. The number of nitrogens with zero attached hydrogens (tertiary/aromatic N) is 5. The number of anilines is 1. The maximum atomic E-state index is 6.28. The molecule has 6 nitrogen and oxygen atoms in total. The Hall–Kier alpha value is -2.18. The fourth-order valence-electron chi connectivity index (χ4n) is 3.25. The highest BCUT2D eigenvalue weighted by Crippen LogP contribution is 2.25. The summed E-state index contributed by atoms with van der Waals surface area (Å²) in [7, 11) is 1.88. The van der Waals surface area contributed by atoms with Crippen molar-refractivity contribution in [2.75, 3.05) is 25.0 Å². The molecule has 0 unspecified atom stereocenters. The monoisotopic (exact) mass is 342 g/mol. The summed E-state index contributed by atoms with van der Waals surface area (Å²) < 4.78 is 1.76. The molecule has 124 valence electrons. The maximum absolute atomic E-state index is 6.28. The third kappa shape index (κ3) is 2.83. The van der Waals surface area contributed by atoms with Crippen molar-refractivity contribution in [2.45, 2.75) is 13.0 Å². The van der Waals surface area contributed by atoms with Gasteiger partial charge in [-0.05, 0) is 23.6 Å². The van der Waals surface area contributed by atoms with Crippen molar-refractivity contribution in [2.24, 2.45) is 7.05 Å². The number of nitrogens with one attached hydrogen (secondary N) is 1. The second-order valence-electron chi connectivity index (χ2n) is 6.06. The Labute approximate surface area is 145 Å². The lowest BCUT2D eigenvalue weighted by molar-refractivity contribution is 0.264. The summed E-state index contributed by atoms with van der Waals surface area (Å²) in [6, 6.07) is 6.18. The van der Waals surface area contributed by atoms with E-state index in [4.69, 9.17) is 11.6 Å².